The summed E-state index contributed by atoms with van der Waals surface area (Å²) >= 11 is 1.51. The third kappa shape index (κ3) is 5.99. The van der Waals surface area contributed by atoms with E-state index >= 15 is 0 Å². The fraction of sp³-hybridized carbons (Fsp3) is 0.348. The highest BCUT2D eigenvalue weighted by molar-refractivity contribution is 7.14. The molecule has 148 valence electrons. The number of ether oxygens (including phenoxy) is 1. The first-order chi connectivity index (χ1) is 13.8. The molecule has 2 N–H and O–H groups in total. The molecule has 4 nitrogen and oxygen atoms in total. The minimum Gasteiger partial charge on any atom is -0.507 e. The van der Waals surface area contributed by atoms with Crippen molar-refractivity contribution in [2.75, 3.05) is 11.9 Å². The van der Waals surface area contributed by atoms with Crippen LogP contribution < -0.4 is 10.1 Å². The van der Waals surface area contributed by atoms with Gasteiger partial charge in [0.2, 0.25) is 0 Å². The van der Waals surface area contributed by atoms with E-state index in [1.807, 2.05) is 41.8 Å². The van der Waals surface area contributed by atoms with Crippen LogP contribution in [0.25, 0.3) is 11.3 Å². The maximum atomic E-state index is 9.97. The van der Waals surface area contributed by atoms with Gasteiger partial charge in [-0.1, -0.05) is 51.2 Å². The Morgan fingerprint density at radius 2 is 1.71 bits per heavy atom. The van der Waals surface area contributed by atoms with Crippen LogP contribution in [0.2, 0.25) is 0 Å². The number of thiazole rings is 1. The minimum atomic E-state index is 0.242. The summed E-state index contributed by atoms with van der Waals surface area (Å²) < 4.78 is 5.82. The van der Waals surface area contributed by atoms with E-state index in [4.69, 9.17) is 4.74 Å². The zero-order chi connectivity index (χ0) is 19.6. The molecule has 0 bridgehead atoms. The van der Waals surface area contributed by atoms with Gasteiger partial charge in [0.15, 0.2) is 5.13 Å². The van der Waals surface area contributed by atoms with Gasteiger partial charge in [-0.3, -0.25) is 0 Å². The number of hydrogen-bond donors (Lipinski definition) is 2. The van der Waals surface area contributed by atoms with Gasteiger partial charge in [0.25, 0.3) is 0 Å². The maximum absolute atomic E-state index is 9.97. The Kier molecular flexibility index (Phi) is 7.73. The van der Waals surface area contributed by atoms with Crippen molar-refractivity contribution in [1.29, 1.82) is 0 Å². The lowest BCUT2D eigenvalue weighted by Gasteiger charge is -2.08. The molecule has 0 saturated carbocycles. The average Bonchev–Trinajstić information content (AvgIpc) is 3.17. The monoisotopic (exact) mass is 396 g/mol. The van der Waals surface area contributed by atoms with Gasteiger partial charge in [0.05, 0.1) is 12.3 Å². The number of rotatable bonds is 11. The predicted molar refractivity (Wildman–Crippen MR) is 118 cm³/mol. The van der Waals surface area contributed by atoms with Crippen LogP contribution in [0.3, 0.4) is 0 Å². The largest absolute Gasteiger partial charge is 0.507 e. The van der Waals surface area contributed by atoms with Crippen molar-refractivity contribution in [2.45, 2.75) is 45.4 Å². The Balaban J connectivity index is 1.46. The maximum Gasteiger partial charge on any atom is 0.187 e. The lowest BCUT2D eigenvalue weighted by Crippen LogP contribution is -1.97. The number of phenols is 1. The fourth-order valence-electron chi connectivity index (χ4n) is 2.98. The van der Waals surface area contributed by atoms with Gasteiger partial charge in [-0.2, -0.15) is 0 Å². The molecule has 2 aromatic carbocycles. The number of nitrogens with one attached hydrogen (secondary N) is 1. The highest BCUT2D eigenvalue weighted by Crippen LogP contribution is 2.32. The Morgan fingerprint density at radius 1 is 0.964 bits per heavy atom. The molecule has 0 radical (unpaired) electrons. The molecule has 0 aliphatic heterocycles. The molecule has 5 heteroatoms. The van der Waals surface area contributed by atoms with Crippen molar-refractivity contribution in [3.05, 3.63) is 53.9 Å². The van der Waals surface area contributed by atoms with E-state index in [1.54, 1.807) is 12.1 Å². The summed E-state index contributed by atoms with van der Waals surface area (Å²) in [6.45, 7) is 3.01. The quantitative estimate of drug-likeness (QED) is 0.343. The number of unbranched alkanes of at least 4 members (excludes halogenated alkanes) is 5. The Morgan fingerprint density at radius 3 is 2.50 bits per heavy atom. The molecule has 0 aliphatic carbocycles. The van der Waals surface area contributed by atoms with Crippen LogP contribution in [-0.2, 0) is 0 Å². The smallest absolute Gasteiger partial charge is 0.187 e. The highest BCUT2D eigenvalue weighted by atomic mass is 32.1. The SMILES string of the molecule is CCCCCCCCOc1ccc(Nc2nc(-c3ccccc3O)cs2)cc1. The first-order valence-electron chi connectivity index (χ1n) is 10.00. The molecule has 1 aromatic heterocycles. The molecule has 0 atom stereocenters. The van der Waals surface area contributed by atoms with Crippen molar-refractivity contribution in [1.82, 2.24) is 4.98 Å². The van der Waals surface area contributed by atoms with E-state index in [9.17, 15) is 5.11 Å². The van der Waals surface area contributed by atoms with Crippen molar-refractivity contribution >= 4 is 22.2 Å². The average molecular weight is 397 g/mol. The van der Waals surface area contributed by atoms with E-state index in [2.05, 4.69) is 17.2 Å². The Labute approximate surface area is 171 Å². The summed E-state index contributed by atoms with van der Waals surface area (Å²) in [7, 11) is 0. The normalized spacial score (nSPS) is 10.8. The van der Waals surface area contributed by atoms with Gasteiger partial charge in [-0.15, -0.1) is 11.3 Å². The van der Waals surface area contributed by atoms with E-state index in [0.717, 1.165) is 40.9 Å². The minimum absolute atomic E-state index is 0.242. The second-order valence-electron chi connectivity index (χ2n) is 6.82. The Bertz CT molecular complexity index is 846. The number of aromatic nitrogens is 1. The number of hydrogen-bond acceptors (Lipinski definition) is 5. The number of aromatic hydroxyl groups is 1. The zero-order valence-corrected chi connectivity index (χ0v) is 17.2. The van der Waals surface area contributed by atoms with Crippen molar-refractivity contribution in [3.8, 4) is 22.8 Å². The molecule has 0 amide bonds. The summed E-state index contributed by atoms with van der Waals surface area (Å²) in [5, 5.41) is 16.0. The van der Waals surface area contributed by atoms with Gasteiger partial charge in [0, 0.05) is 16.6 Å². The number of benzene rings is 2. The number of anilines is 2. The molecule has 0 spiro atoms. The van der Waals surface area contributed by atoms with Gasteiger partial charge in [-0.25, -0.2) is 4.98 Å². The first-order valence-corrected chi connectivity index (χ1v) is 10.9. The number of phenolic OH excluding ortho intramolecular Hbond substituents is 1. The molecule has 0 unspecified atom stereocenters. The van der Waals surface area contributed by atoms with Crippen molar-refractivity contribution in [3.63, 3.8) is 0 Å². The molecular formula is C23H28N2O2S. The predicted octanol–water partition coefficient (Wildman–Crippen LogP) is 7.00. The summed E-state index contributed by atoms with van der Waals surface area (Å²) in [5.74, 6) is 1.14. The first kappa shape index (κ1) is 20.2. The molecule has 28 heavy (non-hydrogen) atoms. The van der Waals surface area contributed by atoms with Gasteiger partial charge < -0.3 is 15.2 Å². The molecule has 3 rings (SSSR count). The van der Waals surface area contributed by atoms with Crippen LogP contribution in [0.4, 0.5) is 10.8 Å². The number of nitrogens with zero attached hydrogens (tertiary/aromatic N) is 1. The second-order valence-corrected chi connectivity index (χ2v) is 7.68. The third-order valence-electron chi connectivity index (χ3n) is 4.56. The topological polar surface area (TPSA) is 54.4 Å². The summed E-state index contributed by atoms with van der Waals surface area (Å²) in [4.78, 5) is 4.57. The fourth-order valence-corrected chi connectivity index (χ4v) is 3.71. The van der Waals surface area contributed by atoms with Crippen LogP contribution in [0.15, 0.2) is 53.9 Å². The van der Waals surface area contributed by atoms with Crippen molar-refractivity contribution < 1.29 is 9.84 Å². The summed E-state index contributed by atoms with van der Waals surface area (Å²) in [5.41, 5.74) is 2.47. The third-order valence-corrected chi connectivity index (χ3v) is 5.31. The van der Waals surface area contributed by atoms with Crippen LogP contribution in [-0.4, -0.2) is 16.7 Å². The van der Waals surface area contributed by atoms with Gasteiger partial charge >= 0.3 is 0 Å². The van der Waals surface area contributed by atoms with E-state index < -0.39 is 0 Å². The molecule has 1 heterocycles. The van der Waals surface area contributed by atoms with Gasteiger partial charge in [-0.05, 0) is 42.8 Å². The van der Waals surface area contributed by atoms with E-state index in [-0.39, 0.29) is 5.75 Å². The Hall–Kier alpha value is -2.53. The molecule has 0 aliphatic rings. The standard InChI is InChI=1S/C23H28N2O2S/c1-2-3-4-5-6-9-16-27-19-14-12-18(13-15-19)24-23-25-21(17-28-23)20-10-7-8-11-22(20)26/h7-8,10-15,17,26H,2-6,9,16H2,1H3,(H,24,25). The molecule has 3 aromatic rings. The lowest BCUT2D eigenvalue weighted by molar-refractivity contribution is 0.304. The summed E-state index contributed by atoms with van der Waals surface area (Å²) in [6.07, 6.45) is 7.60. The van der Waals surface area contributed by atoms with E-state index in [1.165, 1.54) is 43.4 Å². The number of para-hydroxylation sites is 1. The zero-order valence-electron chi connectivity index (χ0n) is 16.4. The summed E-state index contributed by atoms with van der Waals surface area (Å²) in [6, 6.07) is 15.2. The van der Waals surface area contributed by atoms with Crippen molar-refractivity contribution in [2.24, 2.45) is 0 Å². The van der Waals surface area contributed by atoms with Gasteiger partial charge in [0.1, 0.15) is 11.5 Å². The highest BCUT2D eigenvalue weighted by Gasteiger charge is 2.08. The van der Waals surface area contributed by atoms with Crippen LogP contribution in [0.5, 0.6) is 11.5 Å². The van der Waals surface area contributed by atoms with Crippen LogP contribution in [0, 0.1) is 0 Å². The van der Waals surface area contributed by atoms with E-state index in [0.29, 0.717) is 0 Å². The molecule has 0 fully saturated rings. The van der Waals surface area contributed by atoms with Crippen LogP contribution >= 0.6 is 11.3 Å². The molecule has 0 saturated heterocycles. The lowest BCUT2D eigenvalue weighted by atomic mass is 10.1. The van der Waals surface area contributed by atoms with Crippen LogP contribution in [0.1, 0.15) is 45.4 Å². The second kappa shape index (κ2) is 10.7. The molecular weight excluding hydrogens is 368 g/mol.